The number of aryl methyl sites for hydroxylation is 1. The predicted molar refractivity (Wildman–Crippen MR) is 71.9 cm³/mol. The van der Waals surface area contributed by atoms with Crippen molar-refractivity contribution in [2.75, 3.05) is 0 Å². The normalized spacial score (nSPS) is 18.6. The SMILES string of the molecule is Cn1ccc(CNC(=O)CC2(N)CCCCC2)c1. The van der Waals surface area contributed by atoms with Crippen LogP contribution in [0.15, 0.2) is 18.5 Å². The van der Waals surface area contributed by atoms with Gasteiger partial charge >= 0.3 is 0 Å². The van der Waals surface area contributed by atoms with Crippen LogP contribution in [0.1, 0.15) is 44.1 Å². The summed E-state index contributed by atoms with van der Waals surface area (Å²) in [5.74, 6) is 0.0725. The van der Waals surface area contributed by atoms with Gasteiger partial charge in [0.05, 0.1) is 0 Å². The van der Waals surface area contributed by atoms with E-state index in [-0.39, 0.29) is 11.4 Å². The Balaban J connectivity index is 1.78. The lowest BCUT2D eigenvalue weighted by Crippen LogP contribution is -2.45. The molecule has 1 fully saturated rings. The Morgan fingerprint density at radius 1 is 1.44 bits per heavy atom. The van der Waals surface area contributed by atoms with E-state index in [0.717, 1.165) is 31.2 Å². The lowest BCUT2D eigenvalue weighted by molar-refractivity contribution is -0.122. The maximum absolute atomic E-state index is 11.9. The number of hydrogen-bond donors (Lipinski definition) is 2. The molecule has 0 unspecified atom stereocenters. The average Bonchev–Trinajstić information content (AvgIpc) is 2.73. The third-order valence-electron chi connectivity index (χ3n) is 3.74. The highest BCUT2D eigenvalue weighted by molar-refractivity contribution is 5.77. The third kappa shape index (κ3) is 3.60. The van der Waals surface area contributed by atoms with Crippen LogP contribution in [0.2, 0.25) is 0 Å². The van der Waals surface area contributed by atoms with E-state index >= 15 is 0 Å². The highest BCUT2D eigenvalue weighted by Gasteiger charge is 2.29. The smallest absolute Gasteiger partial charge is 0.222 e. The second-order valence-corrected chi connectivity index (χ2v) is 5.56. The van der Waals surface area contributed by atoms with E-state index in [1.165, 1.54) is 6.42 Å². The van der Waals surface area contributed by atoms with Crippen LogP contribution in [0, 0.1) is 0 Å². The van der Waals surface area contributed by atoms with Crippen molar-refractivity contribution in [1.29, 1.82) is 0 Å². The zero-order valence-electron chi connectivity index (χ0n) is 11.1. The molecule has 4 heteroatoms. The number of amides is 1. The number of carbonyl (C=O) groups is 1. The van der Waals surface area contributed by atoms with E-state index < -0.39 is 0 Å². The number of carbonyl (C=O) groups excluding carboxylic acids is 1. The molecule has 1 aromatic rings. The first-order valence-electron chi connectivity index (χ1n) is 6.74. The monoisotopic (exact) mass is 249 g/mol. The third-order valence-corrected chi connectivity index (χ3v) is 3.74. The largest absolute Gasteiger partial charge is 0.357 e. The molecule has 1 aromatic heterocycles. The minimum atomic E-state index is -0.265. The Labute approximate surface area is 109 Å². The van der Waals surface area contributed by atoms with Gasteiger partial charge in [-0.3, -0.25) is 4.79 Å². The number of nitrogens with two attached hydrogens (primary N) is 1. The second-order valence-electron chi connectivity index (χ2n) is 5.56. The van der Waals surface area contributed by atoms with Crippen molar-refractivity contribution in [3.05, 3.63) is 24.0 Å². The molecule has 0 radical (unpaired) electrons. The van der Waals surface area contributed by atoms with Crippen molar-refractivity contribution >= 4 is 5.91 Å². The molecule has 0 saturated heterocycles. The Hall–Kier alpha value is -1.29. The maximum atomic E-state index is 11.9. The molecule has 1 saturated carbocycles. The van der Waals surface area contributed by atoms with E-state index in [1.54, 1.807) is 0 Å². The van der Waals surface area contributed by atoms with E-state index in [2.05, 4.69) is 5.32 Å². The van der Waals surface area contributed by atoms with Crippen molar-refractivity contribution in [1.82, 2.24) is 9.88 Å². The van der Waals surface area contributed by atoms with Crippen LogP contribution >= 0.6 is 0 Å². The van der Waals surface area contributed by atoms with Gasteiger partial charge in [-0.15, -0.1) is 0 Å². The van der Waals surface area contributed by atoms with Gasteiger partial charge < -0.3 is 15.6 Å². The molecule has 18 heavy (non-hydrogen) atoms. The topological polar surface area (TPSA) is 60.0 Å². The summed E-state index contributed by atoms with van der Waals surface area (Å²) in [4.78, 5) is 11.9. The molecule has 0 atom stereocenters. The first-order chi connectivity index (χ1) is 8.57. The molecular weight excluding hydrogens is 226 g/mol. The van der Waals surface area contributed by atoms with Crippen LogP contribution in [0.25, 0.3) is 0 Å². The summed E-state index contributed by atoms with van der Waals surface area (Å²) in [6, 6.07) is 2.01. The Bertz CT molecular complexity index is 405. The van der Waals surface area contributed by atoms with Crippen molar-refractivity contribution in [3.63, 3.8) is 0 Å². The van der Waals surface area contributed by atoms with Crippen LogP contribution in [-0.4, -0.2) is 16.0 Å². The summed E-state index contributed by atoms with van der Waals surface area (Å²) in [5.41, 5.74) is 7.13. The van der Waals surface area contributed by atoms with Gasteiger partial charge in [-0.2, -0.15) is 0 Å². The standard InChI is InChI=1S/C14H23N3O/c1-17-8-5-12(11-17)10-16-13(18)9-14(15)6-3-2-4-7-14/h5,8,11H,2-4,6-7,9-10,15H2,1H3,(H,16,18). The van der Waals surface area contributed by atoms with Gasteiger partial charge in [0.2, 0.25) is 5.91 Å². The molecule has 4 nitrogen and oxygen atoms in total. The van der Waals surface area contributed by atoms with Gasteiger partial charge in [0, 0.05) is 37.9 Å². The summed E-state index contributed by atoms with van der Waals surface area (Å²) < 4.78 is 1.98. The summed E-state index contributed by atoms with van der Waals surface area (Å²) in [7, 11) is 1.97. The van der Waals surface area contributed by atoms with Crippen molar-refractivity contribution < 1.29 is 4.79 Å². The molecule has 3 N–H and O–H groups in total. The quantitative estimate of drug-likeness (QED) is 0.853. The number of nitrogens with zero attached hydrogens (tertiary/aromatic N) is 1. The van der Waals surface area contributed by atoms with E-state index in [1.807, 2.05) is 30.1 Å². The van der Waals surface area contributed by atoms with Gasteiger partial charge in [0.15, 0.2) is 0 Å². The highest BCUT2D eigenvalue weighted by Crippen LogP contribution is 2.28. The first-order valence-corrected chi connectivity index (χ1v) is 6.74. The Kier molecular flexibility index (Phi) is 4.07. The van der Waals surface area contributed by atoms with Crippen LogP contribution in [0.3, 0.4) is 0 Å². The van der Waals surface area contributed by atoms with Gasteiger partial charge in [0.1, 0.15) is 0 Å². The van der Waals surface area contributed by atoms with Gasteiger partial charge in [-0.25, -0.2) is 0 Å². The zero-order chi connectivity index (χ0) is 13.0. The van der Waals surface area contributed by atoms with Gasteiger partial charge in [-0.1, -0.05) is 19.3 Å². The van der Waals surface area contributed by atoms with Gasteiger partial charge in [0.25, 0.3) is 0 Å². The number of aromatic nitrogens is 1. The molecule has 1 aliphatic rings. The second kappa shape index (κ2) is 5.57. The summed E-state index contributed by atoms with van der Waals surface area (Å²) >= 11 is 0. The van der Waals surface area contributed by atoms with E-state index in [0.29, 0.717) is 13.0 Å². The summed E-state index contributed by atoms with van der Waals surface area (Å²) in [6.07, 6.45) is 9.97. The molecule has 0 aromatic carbocycles. The fraction of sp³-hybridized carbons (Fsp3) is 0.643. The molecule has 1 aliphatic carbocycles. The zero-order valence-corrected chi connectivity index (χ0v) is 11.1. The number of nitrogens with one attached hydrogen (secondary N) is 1. The van der Waals surface area contributed by atoms with E-state index in [9.17, 15) is 4.79 Å². The van der Waals surface area contributed by atoms with E-state index in [4.69, 9.17) is 5.73 Å². The fourth-order valence-corrected chi connectivity index (χ4v) is 2.68. The van der Waals surface area contributed by atoms with Crippen molar-refractivity contribution in [3.8, 4) is 0 Å². The molecule has 0 spiro atoms. The number of hydrogen-bond acceptors (Lipinski definition) is 2. The van der Waals surface area contributed by atoms with Gasteiger partial charge in [-0.05, 0) is 24.5 Å². The first kappa shape index (κ1) is 13.1. The number of rotatable bonds is 4. The predicted octanol–water partition coefficient (Wildman–Crippen LogP) is 1.69. The highest BCUT2D eigenvalue weighted by atomic mass is 16.1. The summed E-state index contributed by atoms with van der Waals surface area (Å²) in [5, 5.41) is 2.95. The Morgan fingerprint density at radius 3 is 2.78 bits per heavy atom. The van der Waals surface area contributed by atoms with Crippen LogP contribution in [-0.2, 0) is 18.4 Å². The molecule has 2 rings (SSSR count). The van der Waals surface area contributed by atoms with Crippen molar-refractivity contribution in [2.24, 2.45) is 12.8 Å². The van der Waals surface area contributed by atoms with Crippen LogP contribution in [0.4, 0.5) is 0 Å². The lowest BCUT2D eigenvalue weighted by atomic mass is 9.80. The fourth-order valence-electron chi connectivity index (χ4n) is 2.68. The molecule has 1 heterocycles. The van der Waals surface area contributed by atoms with Crippen molar-refractivity contribution in [2.45, 2.75) is 50.6 Å². The molecule has 100 valence electrons. The van der Waals surface area contributed by atoms with Crippen LogP contribution in [0.5, 0.6) is 0 Å². The molecular formula is C14H23N3O. The lowest BCUT2D eigenvalue weighted by Gasteiger charge is -2.32. The molecule has 1 amide bonds. The summed E-state index contributed by atoms with van der Waals surface area (Å²) in [6.45, 7) is 0.593. The molecule has 0 aliphatic heterocycles. The minimum absolute atomic E-state index is 0.0725. The maximum Gasteiger partial charge on any atom is 0.222 e. The van der Waals surface area contributed by atoms with Crippen LogP contribution < -0.4 is 11.1 Å². The average molecular weight is 249 g/mol. The minimum Gasteiger partial charge on any atom is -0.357 e. The Morgan fingerprint density at radius 2 is 2.17 bits per heavy atom. The molecule has 0 bridgehead atoms.